The second kappa shape index (κ2) is 8.38. The fourth-order valence-electron chi connectivity index (χ4n) is 1.98. The summed E-state index contributed by atoms with van der Waals surface area (Å²) in [4.78, 5) is 11.6. The summed E-state index contributed by atoms with van der Waals surface area (Å²) in [6.45, 7) is 3.93. The van der Waals surface area contributed by atoms with Crippen LogP contribution in [-0.4, -0.2) is 20.9 Å². The first-order valence-electron chi connectivity index (χ1n) is 7.26. The van der Waals surface area contributed by atoms with Crippen LogP contribution in [0, 0.1) is 0 Å². The zero-order valence-corrected chi connectivity index (χ0v) is 15.5. The van der Waals surface area contributed by atoms with Crippen LogP contribution in [0.4, 0.5) is 5.69 Å². The van der Waals surface area contributed by atoms with Crippen LogP contribution in [0.25, 0.3) is 0 Å². The summed E-state index contributed by atoms with van der Waals surface area (Å²) in [5, 5.41) is 3.11. The van der Waals surface area contributed by atoms with Gasteiger partial charge in [0.05, 0.1) is 21.4 Å². The lowest BCUT2D eigenvalue weighted by Gasteiger charge is -2.10. The molecule has 0 aliphatic rings. The maximum atomic E-state index is 12.4. The van der Waals surface area contributed by atoms with Crippen molar-refractivity contribution in [3.8, 4) is 0 Å². The van der Waals surface area contributed by atoms with E-state index in [-0.39, 0.29) is 27.3 Å². The average molecular weight is 399 g/mol. The Morgan fingerprint density at radius 3 is 2.36 bits per heavy atom. The molecular weight excluding hydrogens is 383 g/mol. The highest BCUT2D eigenvalue weighted by Crippen LogP contribution is 2.26. The third-order valence-electron chi connectivity index (χ3n) is 3.22. The number of amides is 1. The van der Waals surface area contributed by atoms with Crippen molar-refractivity contribution in [3.63, 3.8) is 0 Å². The van der Waals surface area contributed by atoms with Gasteiger partial charge in [0.25, 0.3) is 10.0 Å². The Balaban J connectivity index is 2.08. The Hall–Kier alpha value is -2.02. The third-order valence-corrected chi connectivity index (χ3v) is 5.33. The lowest BCUT2D eigenvalue weighted by molar-refractivity contribution is -0.120. The fraction of sp³-hybridized carbons (Fsp3) is 0.118. The normalized spacial score (nSPS) is 11.0. The molecule has 0 spiro atoms. The van der Waals surface area contributed by atoms with Gasteiger partial charge in [-0.05, 0) is 35.9 Å². The van der Waals surface area contributed by atoms with Crippen LogP contribution in [0.15, 0.2) is 60.0 Å². The van der Waals surface area contributed by atoms with Crippen molar-refractivity contribution in [3.05, 3.63) is 70.7 Å². The topological polar surface area (TPSA) is 75.3 Å². The Kier molecular flexibility index (Phi) is 6.47. The summed E-state index contributed by atoms with van der Waals surface area (Å²) in [5.41, 5.74) is 1.14. The lowest BCUT2D eigenvalue weighted by atomic mass is 10.1. The van der Waals surface area contributed by atoms with E-state index in [1.165, 1.54) is 18.2 Å². The Bertz CT molecular complexity index is 881. The molecule has 0 radical (unpaired) electrons. The van der Waals surface area contributed by atoms with Crippen molar-refractivity contribution in [2.24, 2.45) is 0 Å². The van der Waals surface area contributed by atoms with Gasteiger partial charge in [-0.3, -0.25) is 9.52 Å². The van der Waals surface area contributed by atoms with Crippen LogP contribution in [0.5, 0.6) is 0 Å². The fourth-order valence-corrected chi connectivity index (χ4v) is 3.43. The van der Waals surface area contributed by atoms with Crippen LogP contribution < -0.4 is 10.0 Å². The Labute approximate surface area is 156 Å². The van der Waals surface area contributed by atoms with Crippen LogP contribution >= 0.6 is 23.2 Å². The first kappa shape index (κ1) is 19.3. The quantitative estimate of drug-likeness (QED) is 0.698. The molecule has 0 heterocycles. The molecule has 0 aliphatic heterocycles. The minimum Gasteiger partial charge on any atom is -0.352 e. The van der Waals surface area contributed by atoms with E-state index in [1.807, 2.05) is 0 Å². The number of rotatable bonds is 7. The van der Waals surface area contributed by atoms with Crippen LogP contribution in [0.2, 0.25) is 10.0 Å². The molecule has 1 amide bonds. The van der Waals surface area contributed by atoms with E-state index >= 15 is 0 Å². The van der Waals surface area contributed by atoms with Crippen LogP contribution in [0.3, 0.4) is 0 Å². The summed E-state index contributed by atoms with van der Waals surface area (Å²) in [6, 6.07) is 10.6. The number of sulfonamides is 1. The SMILES string of the molecule is C=CCNC(=O)Cc1ccc(NS(=O)(=O)c2ccc(Cl)c(Cl)c2)cc1. The Morgan fingerprint density at radius 2 is 1.76 bits per heavy atom. The van der Waals surface area contributed by atoms with Gasteiger partial charge in [-0.25, -0.2) is 8.42 Å². The predicted molar refractivity (Wildman–Crippen MR) is 101 cm³/mol. The molecule has 8 heteroatoms. The molecule has 2 rings (SSSR count). The zero-order chi connectivity index (χ0) is 18.4. The summed E-state index contributed by atoms with van der Waals surface area (Å²) in [7, 11) is -3.78. The highest BCUT2D eigenvalue weighted by Gasteiger charge is 2.15. The summed E-state index contributed by atoms with van der Waals surface area (Å²) >= 11 is 11.7. The largest absolute Gasteiger partial charge is 0.352 e. The van der Waals surface area contributed by atoms with Crippen LogP contribution in [-0.2, 0) is 21.2 Å². The molecule has 0 atom stereocenters. The number of halogens is 2. The average Bonchev–Trinajstić information content (AvgIpc) is 2.57. The molecule has 0 saturated carbocycles. The van der Waals surface area contributed by atoms with E-state index < -0.39 is 10.0 Å². The molecule has 0 aromatic heterocycles. The van der Waals surface area contributed by atoms with Gasteiger partial charge in [0.15, 0.2) is 0 Å². The van der Waals surface area contributed by atoms with Gasteiger partial charge in [-0.15, -0.1) is 6.58 Å². The van der Waals surface area contributed by atoms with Crippen molar-refractivity contribution < 1.29 is 13.2 Å². The molecule has 0 saturated heterocycles. The van der Waals surface area contributed by atoms with Gasteiger partial charge in [0, 0.05) is 12.2 Å². The molecule has 0 aliphatic carbocycles. The first-order chi connectivity index (χ1) is 11.8. The molecule has 132 valence electrons. The second-order valence-electron chi connectivity index (χ2n) is 5.15. The van der Waals surface area contributed by atoms with Crippen molar-refractivity contribution in [2.75, 3.05) is 11.3 Å². The van der Waals surface area contributed by atoms with Gasteiger partial charge in [-0.1, -0.05) is 41.4 Å². The number of carbonyl (C=O) groups is 1. The molecule has 5 nitrogen and oxygen atoms in total. The van der Waals surface area contributed by atoms with E-state index in [0.29, 0.717) is 12.2 Å². The summed E-state index contributed by atoms with van der Waals surface area (Å²) in [5.74, 6) is -0.135. The number of benzene rings is 2. The first-order valence-corrected chi connectivity index (χ1v) is 9.50. The lowest BCUT2D eigenvalue weighted by Crippen LogP contribution is -2.24. The van der Waals surface area contributed by atoms with Gasteiger partial charge in [0.1, 0.15) is 0 Å². The van der Waals surface area contributed by atoms with Crippen LogP contribution in [0.1, 0.15) is 5.56 Å². The highest BCUT2D eigenvalue weighted by molar-refractivity contribution is 7.92. The van der Waals surface area contributed by atoms with E-state index in [2.05, 4.69) is 16.6 Å². The molecule has 2 aromatic rings. The predicted octanol–water partition coefficient (Wildman–Crippen LogP) is 3.64. The summed E-state index contributed by atoms with van der Waals surface area (Å²) in [6.07, 6.45) is 1.80. The van der Waals surface area contributed by atoms with E-state index in [0.717, 1.165) is 5.56 Å². The molecule has 0 bridgehead atoms. The minimum absolute atomic E-state index is 0.00905. The number of hydrogen-bond donors (Lipinski definition) is 2. The van der Waals surface area contributed by atoms with Crippen molar-refractivity contribution in [1.82, 2.24) is 5.32 Å². The molecule has 2 N–H and O–H groups in total. The molecule has 0 fully saturated rings. The highest BCUT2D eigenvalue weighted by atomic mass is 35.5. The molecular formula is C17H16Cl2N2O3S. The smallest absolute Gasteiger partial charge is 0.261 e. The Morgan fingerprint density at radius 1 is 1.08 bits per heavy atom. The number of anilines is 1. The molecule has 2 aromatic carbocycles. The van der Waals surface area contributed by atoms with E-state index in [4.69, 9.17) is 23.2 Å². The van der Waals surface area contributed by atoms with Gasteiger partial charge < -0.3 is 5.32 Å². The number of nitrogens with one attached hydrogen (secondary N) is 2. The minimum atomic E-state index is -3.78. The standard InChI is InChI=1S/C17H16Cl2N2O3S/c1-2-9-20-17(22)10-12-3-5-13(6-4-12)21-25(23,24)14-7-8-15(18)16(19)11-14/h2-8,11,21H,1,9-10H2,(H,20,22). The summed E-state index contributed by atoms with van der Waals surface area (Å²) < 4.78 is 27.2. The van der Waals surface area contributed by atoms with Gasteiger partial charge in [0.2, 0.25) is 5.91 Å². The molecule has 25 heavy (non-hydrogen) atoms. The van der Waals surface area contributed by atoms with E-state index in [1.54, 1.807) is 30.3 Å². The zero-order valence-electron chi connectivity index (χ0n) is 13.1. The van der Waals surface area contributed by atoms with Crippen molar-refractivity contribution in [2.45, 2.75) is 11.3 Å². The number of carbonyl (C=O) groups excluding carboxylic acids is 1. The second-order valence-corrected chi connectivity index (χ2v) is 7.64. The maximum absolute atomic E-state index is 12.4. The maximum Gasteiger partial charge on any atom is 0.261 e. The number of hydrogen-bond acceptors (Lipinski definition) is 3. The van der Waals surface area contributed by atoms with Gasteiger partial charge in [-0.2, -0.15) is 0 Å². The molecule has 0 unspecified atom stereocenters. The third kappa shape index (κ3) is 5.49. The van der Waals surface area contributed by atoms with Crippen molar-refractivity contribution in [1.29, 1.82) is 0 Å². The van der Waals surface area contributed by atoms with Gasteiger partial charge >= 0.3 is 0 Å². The monoisotopic (exact) mass is 398 g/mol. The van der Waals surface area contributed by atoms with Crippen molar-refractivity contribution >= 4 is 44.8 Å². The van der Waals surface area contributed by atoms with E-state index in [9.17, 15) is 13.2 Å².